The highest BCUT2D eigenvalue weighted by molar-refractivity contribution is 5.70. The maximum Gasteiger partial charge on any atom is 0.306 e. The van der Waals surface area contributed by atoms with Crippen LogP contribution < -0.4 is 0 Å². The molecule has 0 fully saturated rings. The lowest BCUT2D eigenvalue weighted by molar-refractivity contribution is -0.142. The molecule has 14 heavy (non-hydrogen) atoms. The lowest BCUT2D eigenvalue weighted by atomic mass is 9.91. The largest absolute Gasteiger partial charge is 0.481 e. The first-order valence-electron chi connectivity index (χ1n) is 4.91. The molecule has 76 valence electrons. The fraction of sp³-hybridized carbons (Fsp3) is 0.600. The van der Waals surface area contributed by atoms with Gasteiger partial charge in [0.2, 0.25) is 0 Å². The Balaban J connectivity index is 2.21. The number of hydrogen-bond donors (Lipinski definition) is 1. The monoisotopic (exact) mass is 195 g/mol. The van der Waals surface area contributed by atoms with Gasteiger partial charge in [0.05, 0.1) is 11.6 Å². The fourth-order valence-corrected chi connectivity index (χ4v) is 1.79. The molecule has 0 aliphatic heterocycles. The molecule has 0 saturated heterocycles. The zero-order valence-corrected chi connectivity index (χ0v) is 8.12. The van der Waals surface area contributed by atoms with Crippen LogP contribution in [0.4, 0.5) is 0 Å². The van der Waals surface area contributed by atoms with Gasteiger partial charge < -0.3 is 9.52 Å². The van der Waals surface area contributed by atoms with Gasteiger partial charge in [0.1, 0.15) is 5.76 Å². The standard InChI is InChI=1S/C10H13NO3/c1-2-9-11-7-4-3-6(10(12)13)5-8(7)14-9/h6H,2-5H2,1H3,(H,12,13). The van der Waals surface area contributed by atoms with Crippen molar-refractivity contribution >= 4 is 5.97 Å². The minimum Gasteiger partial charge on any atom is -0.481 e. The van der Waals surface area contributed by atoms with E-state index < -0.39 is 5.97 Å². The molecule has 1 aromatic rings. The van der Waals surface area contributed by atoms with Gasteiger partial charge >= 0.3 is 5.97 Å². The summed E-state index contributed by atoms with van der Waals surface area (Å²) in [6, 6.07) is 0. The van der Waals surface area contributed by atoms with E-state index in [1.807, 2.05) is 6.92 Å². The minimum absolute atomic E-state index is 0.292. The lowest BCUT2D eigenvalue weighted by Gasteiger charge is -2.15. The third-order valence-electron chi connectivity index (χ3n) is 2.64. The number of carbonyl (C=O) groups is 1. The minimum atomic E-state index is -0.731. The highest BCUT2D eigenvalue weighted by atomic mass is 16.4. The molecule has 0 radical (unpaired) electrons. The van der Waals surface area contributed by atoms with Crippen molar-refractivity contribution in [1.82, 2.24) is 4.98 Å². The first-order valence-corrected chi connectivity index (χ1v) is 4.91. The normalized spacial score (nSPS) is 20.5. The molecule has 1 heterocycles. The summed E-state index contributed by atoms with van der Waals surface area (Å²) in [6.07, 6.45) is 2.68. The van der Waals surface area contributed by atoms with Gasteiger partial charge in [-0.25, -0.2) is 4.98 Å². The summed E-state index contributed by atoms with van der Waals surface area (Å²) >= 11 is 0. The van der Waals surface area contributed by atoms with Crippen LogP contribution in [0.1, 0.15) is 30.7 Å². The SMILES string of the molecule is CCc1nc2c(o1)CC(C(=O)O)CC2. The number of carboxylic acids is 1. The van der Waals surface area contributed by atoms with Crippen molar-refractivity contribution in [1.29, 1.82) is 0 Å². The Hall–Kier alpha value is -1.32. The first kappa shape index (κ1) is 9.24. The molecule has 0 spiro atoms. The Morgan fingerprint density at radius 3 is 3.14 bits per heavy atom. The third-order valence-corrected chi connectivity index (χ3v) is 2.64. The Bertz CT molecular complexity index is 356. The van der Waals surface area contributed by atoms with Gasteiger partial charge in [-0.05, 0) is 12.8 Å². The summed E-state index contributed by atoms with van der Waals surface area (Å²) in [5, 5.41) is 8.87. The van der Waals surface area contributed by atoms with E-state index in [0.717, 1.165) is 30.2 Å². The van der Waals surface area contributed by atoms with E-state index in [4.69, 9.17) is 9.52 Å². The average molecular weight is 195 g/mol. The smallest absolute Gasteiger partial charge is 0.306 e. The molecule has 0 bridgehead atoms. The number of hydrogen-bond acceptors (Lipinski definition) is 3. The van der Waals surface area contributed by atoms with Crippen molar-refractivity contribution in [3.8, 4) is 0 Å². The number of fused-ring (bicyclic) bond motifs is 1. The van der Waals surface area contributed by atoms with E-state index in [1.165, 1.54) is 0 Å². The van der Waals surface area contributed by atoms with E-state index >= 15 is 0 Å². The van der Waals surface area contributed by atoms with Gasteiger partial charge in [0, 0.05) is 12.8 Å². The maximum absolute atomic E-state index is 10.8. The highest BCUT2D eigenvalue weighted by Gasteiger charge is 2.28. The van der Waals surface area contributed by atoms with Crippen molar-refractivity contribution in [3.63, 3.8) is 0 Å². The number of nitrogens with zero attached hydrogens (tertiary/aromatic N) is 1. The average Bonchev–Trinajstić information content (AvgIpc) is 2.58. The summed E-state index contributed by atoms with van der Waals surface area (Å²) in [4.78, 5) is 15.1. The molecule has 1 unspecified atom stereocenters. The highest BCUT2D eigenvalue weighted by Crippen LogP contribution is 2.26. The van der Waals surface area contributed by atoms with Gasteiger partial charge in [-0.1, -0.05) is 6.92 Å². The van der Waals surface area contributed by atoms with Crippen LogP contribution in [0.2, 0.25) is 0 Å². The van der Waals surface area contributed by atoms with Crippen molar-refractivity contribution < 1.29 is 14.3 Å². The molecule has 0 saturated carbocycles. The first-order chi connectivity index (χ1) is 6.70. The van der Waals surface area contributed by atoms with Gasteiger partial charge in [-0.2, -0.15) is 0 Å². The Kier molecular flexibility index (Phi) is 2.27. The van der Waals surface area contributed by atoms with Gasteiger partial charge in [-0.3, -0.25) is 4.79 Å². The molecular weight excluding hydrogens is 182 g/mol. The number of aryl methyl sites for hydroxylation is 2. The molecule has 0 amide bonds. The van der Waals surface area contributed by atoms with Crippen LogP contribution in [0.15, 0.2) is 4.42 Å². The molecular formula is C10H13NO3. The molecule has 4 heteroatoms. The molecule has 1 aliphatic carbocycles. The van der Waals surface area contributed by atoms with Crippen LogP contribution in [-0.4, -0.2) is 16.1 Å². The summed E-state index contributed by atoms with van der Waals surface area (Å²) in [5.41, 5.74) is 0.958. The number of oxazole rings is 1. The van der Waals surface area contributed by atoms with E-state index in [2.05, 4.69) is 4.98 Å². The number of aliphatic carboxylic acids is 1. The van der Waals surface area contributed by atoms with Gasteiger partial charge in [0.25, 0.3) is 0 Å². The molecule has 1 atom stereocenters. The molecule has 1 aliphatic rings. The van der Waals surface area contributed by atoms with E-state index in [1.54, 1.807) is 0 Å². The molecule has 4 nitrogen and oxygen atoms in total. The van der Waals surface area contributed by atoms with Gasteiger partial charge in [0.15, 0.2) is 5.89 Å². The predicted molar refractivity (Wildman–Crippen MR) is 49.0 cm³/mol. The van der Waals surface area contributed by atoms with Crippen molar-refractivity contribution in [2.45, 2.75) is 32.6 Å². The van der Waals surface area contributed by atoms with Crippen LogP contribution in [-0.2, 0) is 24.1 Å². The zero-order valence-electron chi connectivity index (χ0n) is 8.12. The van der Waals surface area contributed by atoms with Crippen LogP contribution in [0.3, 0.4) is 0 Å². The maximum atomic E-state index is 10.8. The number of carboxylic acid groups (broad SMARTS) is 1. The van der Waals surface area contributed by atoms with Crippen molar-refractivity contribution in [3.05, 3.63) is 17.3 Å². The summed E-state index contributed by atoms with van der Waals surface area (Å²) in [6.45, 7) is 1.98. The van der Waals surface area contributed by atoms with E-state index in [0.29, 0.717) is 12.8 Å². The molecule has 1 aromatic heterocycles. The lowest BCUT2D eigenvalue weighted by Crippen LogP contribution is -2.21. The summed E-state index contributed by atoms with van der Waals surface area (Å²) in [7, 11) is 0. The summed E-state index contributed by atoms with van der Waals surface area (Å²) in [5.74, 6) is 0.479. The third kappa shape index (κ3) is 1.52. The van der Waals surface area contributed by atoms with E-state index in [-0.39, 0.29) is 5.92 Å². The second kappa shape index (κ2) is 3.44. The van der Waals surface area contributed by atoms with Crippen LogP contribution in [0, 0.1) is 5.92 Å². The molecule has 2 rings (SSSR count). The van der Waals surface area contributed by atoms with Crippen molar-refractivity contribution in [2.24, 2.45) is 5.92 Å². The Morgan fingerprint density at radius 1 is 1.71 bits per heavy atom. The Morgan fingerprint density at radius 2 is 2.50 bits per heavy atom. The second-order valence-electron chi connectivity index (χ2n) is 3.61. The number of rotatable bonds is 2. The zero-order chi connectivity index (χ0) is 10.1. The quantitative estimate of drug-likeness (QED) is 0.775. The van der Waals surface area contributed by atoms with Gasteiger partial charge in [-0.15, -0.1) is 0 Å². The second-order valence-corrected chi connectivity index (χ2v) is 3.61. The Labute approximate surface area is 81.9 Å². The van der Waals surface area contributed by atoms with E-state index in [9.17, 15) is 4.79 Å². The fourth-order valence-electron chi connectivity index (χ4n) is 1.79. The summed E-state index contributed by atoms with van der Waals surface area (Å²) < 4.78 is 5.46. The predicted octanol–water partition coefficient (Wildman–Crippen LogP) is 1.43. The topological polar surface area (TPSA) is 63.3 Å². The number of aromatic nitrogens is 1. The van der Waals surface area contributed by atoms with Crippen LogP contribution >= 0.6 is 0 Å². The van der Waals surface area contributed by atoms with Crippen LogP contribution in [0.25, 0.3) is 0 Å². The van der Waals surface area contributed by atoms with Crippen LogP contribution in [0.5, 0.6) is 0 Å². The van der Waals surface area contributed by atoms with Crippen molar-refractivity contribution in [2.75, 3.05) is 0 Å². The molecule has 0 aromatic carbocycles. The molecule has 1 N–H and O–H groups in total.